The van der Waals surface area contributed by atoms with Crippen LogP contribution in [0, 0.1) is 6.92 Å². The number of hydrogen-bond donors (Lipinski definition) is 1. The molecule has 0 bridgehead atoms. The Labute approximate surface area is 119 Å². The van der Waals surface area contributed by atoms with E-state index in [0.29, 0.717) is 12.5 Å². The number of aliphatic hydroxyl groups excluding tert-OH is 1. The third-order valence-electron chi connectivity index (χ3n) is 4.18. The summed E-state index contributed by atoms with van der Waals surface area (Å²) in [5, 5.41) is 19.2. The molecule has 2 aromatic heterocycles. The van der Waals surface area contributed by atoms with Crippen LogP contribution < -0.4 is 0 Å². The number of aryl methyl sites for hydroxylation is 2. The molecule has 20 heavy (non-hydrogen) atoms. The van der Waals surface area contributed by atoms with Crippen molar-refractivity contribution in [3.63, 3.8) is 0 Å². The zero-order valence-corrected chi connectivity index (χ0v) is 12.2. The number of aromatic nitrogens is 4. The molecule has 1 unspecified atom stereocenters. The lowest BCUT2D eigenvalue weighted by molar-refractivity contribution is 0.176. The molecule has 5 nitrogen and oxygen atoms in total. The molecule has 0 spiro atoms. The smallest absolute Gasteiger partial charge is 0.0879 e. The molecule has 0 aliphatic heterocycles. The summed E-state index contributed by atoms with van der Waals surface area (Å²) in [6, 6.07) is 2.58. The molecule has 2 aromatic rings. The van der Waals surface area contributed by atoms with Crippen LogP contribution in [0.1, 0.15) is 54.8 Å². The third kappa shape index (κ3) is 2.63. The second kappa shape index (κ2) is 5.40. The topological polar surface area (TPSA) is 55.9 Å². The second-order valence-electron chi connectivity index (χ2n) is 5.79. The maximum atomic E-state index is 10.3. The van der Waals surface area contributed by atoms with Gasteiger partial charge in [-0.3, -0.25) is 9.36 Å². The van der Waals surface area contributed by atoms with Gasteiger partial charge in [0.15, 0.2) is 0 Å². The fraction of sp³-hybridized carbons (Fsp3) is 0.600. The Morgan fingerprint density at radius 2 is 2.10 bits per heavy atom. The van der Waals surface area contributed by atoms with Gasteiger partial charge in [0.2, 0.25) is 0 Å². The zero-order valence-electron chi connectivity index (χ0n) is 12.2. The standard InChI is InChI=1S/C15H22N4O/c1-11-14(10-18(2)16-11)15(20)9-12-7-8-19(17-12)13-5-3-4-6-13/h7-8,10,13,15,20H,3-6,9H2,1-2H3. The molecule has 1 atom stereocenters. The lowest BCUT2D eigenvalue weighted by Crippen LogP contribution is -2.07. The molecule has 108 valence electrons. The van der Waals surface area contributed by atoms with Crippen LogP contribution in [0.2, 0.25) is 0 Å². The van der Waals surface area contributed by atoms with Gasteiger partial charge in [-0.05, 0) is 25.8 Å². The molecule has 0 radical (unpaired) electrons. The van der Waals surface area contributed by atoms with E-state index in [1.165, 1.54) is 25.7 Å². The molecular weight excluding hydrogens is 252 g/mol. The van der Waals surface area contributed by atoms with Crippen molar-refractivity contribution in [3.8, 4) is 0 Å². The van der Waals surface area contributed by atoms with E-state index in [2.05, 4.69) is 14.9 Å². The predicted octanol–water partition coefficient (Wildman–Crippen LogP) is 2.32. The number of rotatable bonds is 4. The third-order valence-corrected chi connectivity index (χ3v) is 4.18. The first-order chi connectivity index (χ1) is 9.63. The first-order valence-electron chi connectivity index (χ1n) is 7.35. The molecule has 1 aliphatic rings. The van der Waals surface area contributed by atoms with Crippen molar-refractivity contribution in [3.05, 3.63) is 35.4 Å². The van der Waals surface area contributed by atoms with E-state index in [4.69, 9.17) is 0 Å². The molecule has 0 saturated heterocycles. The van der Waals surface area contributed by atoms with E-state index in [1.54, 1.807) is 4.68 Å². The van der Waals surface area contributed by atoms with Gasteiger partial charge in [0.1, 0.15) is 0 Å². The van der Waals surface area contributed by atoms with Crippen molar-refractivity contribution in [2.24, 2.45) is 7.05 Å². The summed E-state index contributed by atoms with van der Waals surface area (Å²) in [5.41, 5.74) is 2.73. The van der Waals surface area contributed by atoms with E-state index in [1.807, 2.05) is 32.4 Å². The minimum atomic E-state index is -0.532. The lowest BCUT2D eigenvalue weighted by Gasteiger charge is -2.10. The summed E-state index contributed by atoms with van der Waals surface area (Å²) in [4.78, 5) is 0. The molecule has 1 fully saturated rings. The van der Waals surface area contributed by atoms with Crippen LogP contribution in [0.15, 0.2) is 18.5 Å². The first-order valence-corrected chi connectivity index (χ1v) is 7.35. The van der Waals surface area contributed by atoms with Crippen LogP contribution in [-0.2, 0) is 13.5 Å². The van der Waals surface area contributed by atoms with E-state index >= 15 is 0 Å². The SMILES string of the molecule is Cc1nn(C)cc1C(O)Cc1ccn(C2CCCC2)n1. The molecule has 1 aliphatic carbocycles. The first kappa shape index (κ1) is 13.4. The van der Waals surface area contributed by atoms with Crippen molar-refractivity contribution >= 4 is 0 Å². The van der Waals surface area contributed by atoms with E-state index < -0.39 is 6.10 Å². The fourth-order valence-corrected chi connectivity index (χ4v) is 3.11. The predicted molar refractivity (Wildman–Crippen MR) is 76.3 cm³/mol. The van der Waals surface area contributed by atoms with Crippen molar-refractivity contribution in [1.82, 2.24) is 19.6 Å². The normalized spacial score (nSPS) is 17.8. The molecule has 5 heteroatoms. The Kier molecular flexibility index (Phi) is 3.61. The minimum absolute atomic E-state index is 0.532. The molecule has 3 rings (SSSR count). The Balaban J connectivity index is 1.69. The van der Waals surface area contributed by atoms with Gasteiger partial charge in [-0.1, -0.05) is 12.8 Å². The van der Waals surface area contributed by atoms with Gasteiger partial charge in [0.25, 0.3) is 0 Å². The summed E-state index contributed by atoms with van der Waals surface area (Å²) >= 11 is 0. The maximum Gasteiger partial charge on any atom is 0.0879 e. The monoisotopic (exact) mass is 274 g/mol. The fourth-order valence-electron chi connectivity index (χ4n) is 3.11. The number of nitrogens with zero attached hydrogens (tertiary/aromatic N) is 4. The summed E-state index contributed by atoms with van der Waals surface area (Å²) < 4.78 is 3.82. The molecular formula is C15H22N4O. The Bertz CT molecular complexity index is 580. The molecule has 2 heterocycles. The van der Waals surface area contributed by atoms with Crippen molar-refractivity contribution in [2.75, 3.05) is 0 Å². The van der Waals surface area contributed by atoms with Gasteiger partial charge >= 0.3 is 0 Å². The van der Waals surface area contributed by atoms with E-state index in [0.717, 1.165) is 17.0 Å². The summed E-state index contributed by atoms with van der Waals surface area (Å²) in [6.07, 6.45) is 9.01. The zero-order chi connectivity index (χ0) is 14.1. The van der Waals surface area contributed by atoms with E-state index in [9.17, 15) is 5.11 Å². The van der Waals surface area contributed by atoms with Crippen molar-refractivity contribution < 1.29 is 5.11 Å². The summed E-state index contributed by atoms with van der Waals surface area (Å²) in [6.45, 7) is 1.93. The van der Waals surface area contributed by atoms with Crippen LogP contribution in [-0.4, -0.2) is 24.7 Å². The van der Waals surface area contributed by atoms with Gasteiger partial charge in [-0.15, -0.1) is 0 Å². The van der Waals surface area contributed by atoms with Gasteiger partial charge in [-0.25, -0.2) is 0 Å². The Morgan fingerprint density at radius 1 is 1.35 bits per heavy atom. The molecule has 0 aromatic carbocycles. The highest BCUT2D eigenvalue weighted by Crippen LogP contribution is 2.29. The van der Waals surface area contributed by atoms with Gasteiger partial charge in [-0.2, -0.15) is 10.2 Å². The number of aliphatic hydroxyl groups is 1. The average molecular weight is 274 g/mol. The Morgan fingerprint density at radius 3 is 2.75 bits per heavy atom. The van der Waals surface area contributed by atoms with Gasteiger partial charge < -0.3 is 5.11 Å². The van der Waals surface area contributed by atoms with Gasteiger partial charge in [0.05, 0.1) is 23.5 Å². The second-order valence-corrected chi connectivity index (χ2v) is 5.79. The summed E-state index contributed by atoms with van der Waals surface area (Å²) in [5.74, 6) is 0. The van der Waals surface area contributed by atoms with Gasteiger partial charge in [0, 0.05) is 31.4 Å². The largest absolute Gasteiger partial charge is 0.388 e. The lowest BCUT2D eigenvalue weighted by atomic mass is 10.1. The van der Waals surface area contributed by atoms with Crippen LogP contribution >= 0.6 is 0 Å². The maximum absolute atomic E-state index is 10.3. The van der Waals surface area contributed by atoms with Crippen molar-refractivity contribution in [1.29, 1.82) is 0 Å². The average Bonchev–Trinajstić information content (AvgIpc) is 3.09. The molecule has 1 saturated carbocycles. The molecule has 0 amide bonds. The Hall–Kier alpha value is -1.62. The number of hydrogen-bond acceptors (Lipinski definition) is 3. The minimum Gasteiger partial charge on any atom is -0.388 e. The quantitative estimate of drug-likeness (QED) is 0.931. The van der Waals surface area contributed by atoms with Crippen LogP contribution in [0.3, 0.4) is 0 Å². The summed E-state index contributed by atoms with van der Waals surface area (Å²) in [7, 11) is 1.87. The molecule has 1 N–H and O–H groups in total. The highest BCUT2D eigenvalue weighted by atomic mass is 16.3. The van der Waals surface area contributed by atoms with Crippen molar-refractivity contribution in [2.45, 2.75) is 51.2 Å². The van der Waals surface area contributed by atoms with Crippen LogP contribution in [0.25, 0.3) is 0 Å². The van der Waals surface area contributed by atoms with Crippen LogP contribution in [0.4, 0.5) is 0 Å². The van der Waals surface area contributed by atoms with Crippen LogP contribution in [0.5, 0.6) is 0 Å². The van der Waals surface area contributed by atoms with E-state index in [-0.39, 0.29) is 0 Å². The highest BCUT2D eigenvalue weighted by Gasteiger charge is 2.19. The highest BCUT2D eigenvalue weighted by molar-refractivity contribution is 5.20.